The predicted molar refractivity (Wildman–Crippen MR) is 96.4 cm³/mol. The average molecular weight is 347 g/mol. The zero-order chi connectivity index (χ0) is 17.8. The minimum atomic E-state index is -2.83. The predicted octanol–water partition coefficient (Wildman–Crippen LogP) is 4.21. The summed E-state index contributed by atoms with van der Waals surface area (Å²) in [7, 11) is 0. The fourth-order valence-corrected chi connectivity index (χ4v) is 3.30. The largest absolute Gasteiger partial charge is 0.435 e. The van der Waals surface area contributed by atoms with Crippen molar-refractivity contribution in [2.24, 2.45) is 0 Å². The molecule has 0 aliphatic carbocycles. The third kappa shape index (κ3) is 4.45. The van der Waals surface area contributed by atoms with Crippen LogP contribution in [0.15, 0.2) is 36.9 Å². The summed E-state index contributed by atoms with van der Waals surface area (Å²) >= 11 is 0. The third-order valence-corrected chi connectivity index (χ3v) is 4.47. The van der Waals surface area contributed by atoms with Gasteiger partial charge in [-0.1, -0.05) is 6.08 Å². The van der Waals surface area contributed by atoms with E-state index in [0.717, 1.165) is 54.8 Å². The van der Waals surface area contributed by atoms with Crippen molar-refractivity contribution in [1.82, 2.24) is 9.88 Å². The molecule has 1 aromatic carbocycles. The Bertz CT molecular complexity index is 743. The number of alkyl halides is 2. The monoisotopic (exact) mass is 347 g/mol. The first-order chi connectivity index (χ1) is 12.0. The SMILES string of the molecule is C=CCN1CCC(Nc2cc(C)nc3ccc(OC(F)F)cc23)CC1. The normalized spacial score (nSPS) is 16.3. The maximum absolute atomic E-state index is 12.5. The van der Waals surface area contributed by atoms with Gasteiger partial charge in [0.15, 0.2) is 0 Å². The van der Waals surface area contributed by atoms with Gasteiger partial charge >= 0.3 is 6.61 Å². The van der Waals surface area contributed by atoms with Crippen molar-refractivity contribution in [2.75, 3.05) is 25.0 Å². The molecule has 2 heterocycles. The van der Waals surface area contributed by atoms with E-state index in [4.69, 9.17) is 0 Å². The van der Waals surface area contributed by atoms with E-state index in [-0.39, 0.29) is 5.75 Å². The Hall–Kier alpha value is -2.21. The molecule has 1 aromatic heterocycles. The number of fused-ring (bicyclic) bond motifs is 1. The molecule has 6 heteroatoms. The lowest BCUT2D eigenvalue weighted by Gasteiger charge is -2.32. The number of anilines is 1. The van der Waals surface area contributed by atoms with Crippen molar-refractivity contribution < 1.29 is 13.5 Å². The quantitative estimate of drug-likeness (QED) is 0.795. The van der Waals surface area contributed by atoms with E-state index in [9.17, 15) is 8.78 Å². The number of benzene rings is 1. The van der Waals surface area contributed by atoms with Gasteiger partial charge in [-0.25, -0.2) is 0 Å². The molecule has 0 amide bonds. The molecule has 0 unspecified atom stereocenters. The van der Waals surface area contributed by atoms with Gasteiger partial charge in [-0.05, 0) is 44.0 Å². The van der Waals surface area contributed by atoms with E-state index in [2.05, 4.69) is 26.5 Å². The second kappa shape index (κ2) is 7.78. The number of nitrogens with one attached hydrogen (secondary N) is 1. The van der Waals surface area contributed by atoms with Gasteiger partial charge in [-0.3, -0.25) is 9.88 Å². The van der Waals surface area contributed by atoms with Gasteiger partial charge in [0.05, 0.1) is 5.52 Å². The number of nitrogens with zero attached hydrogens (tertiary/aromatic N) is 2. The highest BCUT2D eigenvalue weighted by molar-refractivity contribution is 5.92. The van der Waals surface area contributed by atoms with Crippen LogP contribution in [0.5, 0.6) is 5.75 Å². The molecule has 0 saturated carbocycles. The zero-order valence-corrected chi connectivity index (χ0v) is 14.3. The molecule has 0 bridgehead atoms. The number of ether oxygens (including phenoxy) is 1. The van der Waals surface area contributed by atoms with Gasteiger partial charge in [0.25, 0.3) is 0 Å². The molecule has 2 aromatic rings. The van der Waals surface area contributed by atoms with E-state index < -0.39 is 6.61 Å². The van der Waals surface area contributed by atoms with Gasteiger partial charge in [0.1, 0.15) is 5.75 Å². The highest BCUT2D eigenvalue weighted by atomic mass is 19.3. The minimum absolute atomic E-state index is 0.150. The lowest BCUT2D eigenvalue weighted by Crippen LogP contribution is -2.39. The maximum Gasteiger partial charge on any atom is 0.387 e. The van der Waals surface area contributed by atoms with Crippen LogP contribution in [-0.2, 0) is 0 Å². The van der Waals surface area contributed by atoms with Crippen molar-refractivity contribution >= 4 is 16.6 Å². The molecule has 1 N–H and O–H groups in total. The molecule has 4 nitrogen and oxygen atoms in total. The van der Waals surface area contributed by atoms with Gasteiger partial charge in [-0.15, -0.1) is 6.58 Å². The van der Waals surface area contributed by atoms with Gasteiger partial charge in [0.2, 0.25) is 0 Å². The number of hydrogen-bond donors (Lipinski definition) is 1. The number of piperidine rings is 1. The molecular formula is C19H23F2N3O. The Balaban J connectivity index is 1.81. The van der Waals surface area contributed by atoms with E-state index in [0.29, 0.717) is 6.04 Å². The van der Waals surface area contributed by atoms with Crippen molar-refractivity contribution in [3.63, 3.8) is 0 Å². The number of pyridine rings is 1. The number of halogens is 2. The Kier molecular flexibility index (Phi) is 5.48. The smallest absolute Gasteiger partial charge is 0.387 e. The molecule has 0 atom stereocenters. The number of likely N-dealkylation sites (tertiary alicyclic amines) is 1. The molecule has 0 spiro atoms. The van der Waals surface area contributed by atoms with Gasteiger partial charge in [-0.2, -0.15) is 8.78 Å². The summed E-state index contributed by atoms with van der Waals surface area (Å²) in [6.45, 7) is 5.84. The van der Waals surface area contributed by atoms with E-state index >= 15 is 0 Å². The van der Waals surface area contributed by atoms with Gasteiger partial charge in [0, 0.05) is 42.4 Å². The van der Waals surface area contributed by atoms with Crippen LogP contribution in [0.2, 0.25) is 0 Å². The van der Waals surface area contributed by atoms with E-state index in [1.807, 2.05) is 19.1 Å². The van der Waals surface area contributed by atoms with Crippen LogP contribution < -0.4 is 10.1 Å². The van der Waals surface area contributed by atoms with Crippen LogP contribution in [0.3, 0.4) is 0 Å². The van der Waals surface area contributed by atoms with E-state index in [1.165, 1.54) is 6.07 Å². The summed E-state index contributed by atoms with van der Waals surface area (Å²) in [5.74, 6) is 0.150. The van der Waals surface area contributed by atoms with Crippen molar-refractivity contribution in [1.29, 1.82) is 0 Å². The van der Waals surface area contributed by atoms with Gasteiger partial charge < -0.3 is 10.1 Å². The summed E-state index contributed by atoms with van der Waals surface area (Å²) < 4.78 is 29.5. The van der Waals surface area contributed by atoms with Crippen LogP contribution >= 0.6 is 0 Å². The molecule has 0 radical (unpaired) electrons. The molecule has 1 aliphatic rings. The molecule has 134 valence electrons. The number of hydrogen-bond acceptors (Lipinski definition) is 4. The maximum atomic E-state index is 12.5. The molecule has 1 fully saturated rings. The molecule has 1 saturated heterocycles. The standard InChI is InChI=1S/C19H23F2N3O/c1-3-8-24-9-6-14(7-10-24)23-18-11-13(2)22-17-5-4-15(12-16(17)18)25-19(20)21/h3-5,11-12,14,19H,1,6-10H2,2H3,(H,22,23). The summed E-state index contributed by atoms with van der Waals surface area (Å²) in [6.07, 6.45) is 3.99. The lowest BCUT2D eigenvalue weighted by atomic mass is 10.0. The lowest BCUT2D eigenvalue weighted by molar-refractivity contribution is -0.0497. The highest BCUT2D eigenvalue weighted by Gasteiger charge is 2.19. The fourth-order valence-electron chi connectivity index (χ4n) is 3.30. The number of aromatic nitrogens is 1. The molecule has 1 aliphatic heterocycles. The topological polar surface area (TPSA) is 37.4 Å². The number of rotatable bonds is 6. The summed E-state index contributed by atoms with van der Waals surface area (Å²) in [5.41, 5.74) is 2.58. The van der Waals surface area contributed by atoms with Crippen LogP contribution in [-0.4, -0.2) is 42.2 Å². The highest BCUT2D eigenvalue weighted by Crippen LogP contribution is 2.29. The fraction of sp³-hybridized carbons (Fsp3) is 0.421. The average Bonchev–Trinajstić information content (AvgIpc) is 2.57. The van der Waals surface area contributed by atoms with Crippen LogP contribution in [0.25, 0.3) is 10.9 Å². The zero-order valence-electron chi connectivity index (χ0n) is 14.3. The first-order valence-corrected chi connectivity index (χ1v) is 8.51. The first-order valence-electron chi connectivity index (χ1n) is 8.51. The Morgan fingerprint density at radius 3 is 2.80 bits per heavy atom. The summed E-state index contributed by atoms with van der Waals surface area (Å²) in [4.78, 5) is 6.85. The minimum Gasteiger partial charge on any atom is -0.435 e. The molecule has 25 heavy (non-hydrogen) atoms. The first kappa shape index (κ1) is 17.6. The van der Waals surface area contributed by atoms with Crippen molar-refractivity contribution in [3.05, 3.63) is 42.6 Å². The molecular weight excluding hydrogens is 324 g/mol. The van der Waals surface area contributed by atoms with Crippen molar-refractivity contribution in [2.45, 2.75) is 32.4 Å². The van der Waals surface area contributed by atoms with Crippen LogP contribution in [0.1, 0.15) is 18.5 Å². The second-order valence-corrected chi connectivity index (χ2v) is 6.38. The Morgan fingerprint density at radius 2 is 2.12 bits per heavy atom. The van der Waals surface area contributed by atoms with Crippen LogP contribution in [0, 0.1) is 6.92 Å². The Morgan fingerprint density at radius 1 is 1.36 bits per heavy atom. The second-order valence-electron chi connectivity index (χ2n) is 6.38. The summed E-state index contributed by atoms with van der Waals surface area (Å²) in [5, 5.41) is 4.38. The summed E-state index contributed by atoms with van der Waals surface area (Å²) in [6, 6.07) is 7.19. The molecule has 3 rings (SSSR count). The number of aryl methyl sites for hydroxylation is 1. The van der Waals surface area contributed by atoms with Crippen LogP contribution in [0.4, 0.5) is 14.5 Å². The van der Waals surface area contributed by atoms with Crippen molar-refractivity contribution in [3.8, 4) is 5.75 Å². The third-order valence-electron chi connectivity index (χ3n) is 4.47. The van der Waals surface area contributed by atoms with E-state index in [1.54, 1.807) is 12.1 Å². The Labute approximate surface area is 146 Å².